The van der Waals surface area contributed by atoms with Crippen LogP contribution in [0.5, 0.6) is 0 Å². The molecule has 2 atom stereocenters. The van der Waals surface area contributed by atoms with Crippen LogP contribution < -0.4 is 5.32 Å². The molecule has 4 nitrogen and oxygen atoms in total. The zero-order valence-electron chi connectivity index (χ0n) is 8.93. The number of nitrogens with one attached hydrogen (secondary N) is 1. The fourth-order valence-corrected chi connectivity index (χ4v) is 2.09. The first-order valence-electron chi connectivity index (χ1n) is 5.13. The van der Waals surface area contributed by atoms with Gasteiger partial charge in [-0.3, -0.25) is 4.79 Å². The minimum atomic E-state index is -1.09. The van der Waals surface area contributed by atoms with Gasteiger partial charge in [0.1, 0.15) is 5.54 Å². The number of carbonyl (C=O) groups is 2. The van der Waals surface area contributed by atoms with Crippen molar-refractivity contribution in [3.05, 3.63) is 35.9 Å². The van der Waals surface area contributed by atoms with Crippen molar-refractivity contribution in [2.24, 2.45) is 0 Å². The number of amides is 1. The summed E-state index contributed by atoms with van der Waals surface area (Å²) in [7, 11) is 0. The van der Waals surface area contributed by atoms with Crippen LogP contribution in [0.1, 0.15) is 24.8 Å². The molecule has 0 bridgehead atoms. The minimum absolute atomic E-state index is 0.116. The van der Waals surface area contributed by atoms with E-state index >= 15 is 0 Å². The molecule has 1 amide bonds. The van der Waals surface area contributed by atoms with Crippen molar-refractivity contribution in [3.8, 4) is 0 Å². The van der Waals surface area contributed by atoms with Crippen molar-refractivity contribution in [1.82, 2.24) is 5.32 Å². The standard InChI is InChI=1S/C12H13NO3/c1-8(14)13-12(11(15)16)7-10(12)9-5-3-2-4-6-9/h2-6,10H,7H2,1H3,(H,13,14)(H,15,16). The van der Waals surface area contributed by atoms with Crippen molar-refractivity contribution in [2.75, 3.05) is 0 Å². The second-order valence-corrected chi connectivity index (χ2v) is 4.13. The highest BCUT2D eigenvalue weighted by Gasteiger charge is 2.61. The molecule has 16 heavy (non-hydrogen) atoms. The molecule has 1 aliphatic carbocycles. The van der Waals surface area contributed by atoms with E-state index in [1.807, 2.05) is 30.3 Å². The molecule has 0 aliphatic heterocycles. The zero-order valence-corrected chi connectivity index (χ0v) is 8.93. The van der Waals surface area contributed by atoms with E-state index in [1.165, 1.54) is 6.92 Å². The maximum Gasteiger partial charge on any atom is 0.330 e. The number of hydrogen-bond acceptors (Lipinski definition) is 2. The quantitative estimate of drug-likeness (QED) is 0.801. The highest BCUT2D eigenvalue weighted by atomic mass is 16.4. The first kappa shape index (κ1) is 10.7. The Morgan fingerprint density at radius 1 is 1.38 bits per heavy atom. The molecule has 0 aromatic heterocycles. The minimum Gasteiger partial charge on any atom is -0.479 e. The molecule has 1 fully saturated rings. The van der Waals surface area contributed by atoms with Crippen LogP contribution in [0.25, 0.3) is 0 Å². The summed E-state index contributed by atoms with van der Waals surface area (Å²) in [6.07, 6.45) is 0.464. The number of carboxylic acid groups (broad SMARTS) is 1. The van der Waals surface area contributed by atoms with Gasteiger partial charge >= 0.3 is 5.97 Å². The van der Waals surface area contributed by atoms with Gasteiger partial charge in [0.05, 0.1) is 0 Å². The van der Waals surface area contributed by atoms with Crippen LogP contribution in [0.15, 0.2) is 30.3 Å². The predicted molar refractivity (Wildman–Crippen MR) is 58.0 cm³/mol. The zero-order chi connectivity index (χ0) is 11.8. The summed E-state index contributed by atoms with van der Waals surface area (Å²) in [5, 5.41) is 11.7. The van der Waals surface area contributed by atoms with E-state index in [2.05, 4.69) is 5.32 Å². The van der Waals surface area contributed by atoms with Crippen molar-refractivity contribution in [3.63, 3.8) is 0 Å². The molecule has 1 aromatic carbocycles. The van der Waals surface area contributed by atoms with E-state index in [1.54, 1.807) is 0 Å². The Hall–Kier alpha value is -1.84. The van der Waals surface area contributed by atoms with Gasteiger partial charge in [0.15, 0.2) is 0 Å². The fourth-order valence-electron chi connectivity index (χ4n) is 2.09. The van der Waals surface area contributed by atoms with Crippen molar-refractivity contribution in [1.29, 1.82) is 0 Å². The van der Waals surface area contributed by atoms with Gasteiger partial charge in [0.2, 0.25) is 5.91 Å². The third kappa shape index (κ3) is 1.66. The summed E-state index contributed by atoms with van der Waals surface area (Å²) in [6.45, 7) is 1.34. The van der Waals surface area contributed by atoms with E-state index < -0.39 is 11.5 Å². The fraction of sp³-hybridized carbons (Fsp3) is 0.333. The van der Waals surface area contributed by atoms with Crippen LogP contribution in [-0.2, 0) is 9.59 Å². The first-order valence-corrected chi connectivity index (χ1v) is 5.13. The maximum absolute atomic E-state index is 11.2. The summed E-state index contributed by atoms with van der Waals surface area (Å²) in [5.41, 5.74) is -0.133. The molecule has 0 radical (unpaired) electrons. The van der Waals surface area contributed by atoms with Crippen LogP contribution in [-0.4, -0.2) is 22.5 Å². The molecule has 1 saturated carbocycles. The molecule has 4 heteroatoms. The van der Waals surface area contributed by atoms with Gasteiger partial charge in [-0.2, -0.15) is 0 Å². The van der Waals surface area contributed by atoms with Crippen LogP contribution in [0.4, 0.5) is 0 Å². The van der Waals surface area contributed by atoms with Crippen LogP contribution in [0.3, 0.4) is 0 Å². The first-order chi connectivity index (χ1) is 7.56. The second-order valence-electron chi connectivity index (χ2n) is 4.13. The van der Waals surface area contributed by atoms with E-state index in [0.717, 1.165) is 5.56 Å². The van der Waals surface area contributed by atoms with Gasteiger partial charge in [0.25, 0.3) is 0 Å². The number of carboxylic acids is 1. The van der Waals surface area contributed by atoms with Crippen LogP contribution in [0.2, 0.25) is 0 Å². The lowest BCUT2D eigenvalue weighted by Gasteiger charge is -2.13. The predicted octanol–water partition coefficient (Wildman–Crippen LogP) is 1.13. The Balaban J connectivity index is 2.22. The van der Waals surface area contributed by atoms with Gasteiger partial charge in [-0.1, -0.05) is 30.3 Å². The van der Waals surface area contributed by atoms with Gasteiger partial charge in [-0.15, -0.1) is 0 Å². The van der Waals surface area contributed by atoms with Crippen molar-refractivity contribution in [2.45, 2.75) is 24.8 Å². The van der Waals surface area contributed by atoms with Gasteiger partial charge in [-0.25, -0.2) is 4.79 Å². The van der Waals surface area contributed by atoms with Gasteiger partial charge in [-0.05, 0) is 12.0 Å². The second kappa shape index (κ2) is 3.63. The van der Waals surface area contributed by atoms with Crippen molar-refractivity contribution < 1.29 is 14.7 Å². The molecule has 0 spiro atoms. The van der Waals surface area contributed by atoms with Crippen LogP contribution >= 0.6 is 0 Å². The summed E-state index contributed by atoms with van der Waals surface area (Å²) in [4.78, 5) is 22.2. The lowest BCUT2D eigenvalue weighted by Crippen LogP contribution is -2.43. The topological polar surface area (TPSA) is 66.4 Å². The Kier molecular flexibility index (Phi) is 2.42. The van der Waals surface area contributed by atoms with Gasteiger partial charge in [0, 0.05) is 12.8 Å². The van der Waals surface area contributed by atoms with E-state index in [9.17, 15) is 9.59 Å². The Labute approximate surface area is 93.3 Å². The number of aliphatic carboxylic acids is 1. The number of rotatable bonds is 3. The number of benzene rings is 1. The molecule has 0 saturated heterocycles. The van der Waals surface area contributed by atoms with E-state index in [4.69, 9.17) is 5.11 Å². The molecule has 1 aliphatic rings. The average Bonchev–Trinajstić information content (AvgIpc) is 2.94. The lowest BCUT2D eigenvalue weighted by atomic mass is 10.1. The van der Waals surface area contributed by atoms with E-state index in [0.29, 0.717) is 6.42 Å². The van der Waals surface area contributed by atoms with Gasteiger partial charge < -0.3 is 10.4 Å². The molecular formula is C12H13NO3. The average molecular weight is 219 g/mol. The molecule has 1 aromatic rings. The summed E-state index contributed by atoms with van der Waals surface area (Å²) in [5.74, 6) is -1.38. The third-order valence-corrected chi connectivity index (χ3v) is 2.94. The smallest absolute Gasteiger partial charge is 0.330 e. The summed E-state index contributed by atoms with van der Waals surface area (Å²) >= 11 is 0. The molecule has 0 heterocycles. The lowest BCUT2D eigenvalue weighted by molar-refractivity contribution is -0.143. The number of hydrogen-bond donors (Lipinski definition) is 2. The largest absolute Gasteiger partial charge is 0.479 e. The monoisotopic (exact) mass is 219 g/mol. The molecule has 84 valence electrons. The third-order valence-electron chi connectivity index (χ3n) is 2.94. The summed E-state index contributed by atoms with van der Waals surface area (Å²) in [6, 6.07) is 9.39. The Morgan fingerprint density at radius 2 is 2.00 bits per heavy atom. The molecule has 2 unspecified atom stereocenters. The summed E-state index contributed by atoms with van der Waals surface area (Å²) < 4.78 is 0. The molecule has 2 N–H and O–H groups in total. The highest BCUT2D eigenvalue weighted by Crippen LogP contribution is 2.51. The van der Waals surface area contributed by atoms with E-state index in [-0.39, 0.29) is 11.8 Å². The Morgan fingerprint density at radius 3 is 2.50 bits per heavy atom. The van der Waals surface area contributed by atoms with Crippen LogP contribution in [0, 0.1) is 0 Å². The highest BCUT2D eigenvalue weighted by molar-refractivity contribution is 5.91. The Bertz CT molecular complexity index is 429. The molecule has 2 rings (SSSR count). The normalized spacial score (nSPS) is 27.2. The van der Waals surface area contributed by atoms with Crippen molar-refractivity contribution >= 4 is 11.9 Å². The maximum atomic E-state index is 11.2. The number of carbonyl (C=O) groups excluding carboxylic acids is 1. The SMILES string of the molecule is CC(=O)NC1(C(=O)O)CC1c1ccccc1. The molecular weight excluding hydrogens is 206 g/mol.